The molecular weight excluding hydrogens is 596 g/mol. The molecule has 0 unspecified atom stereocenters. The number of aromatic nitrogens is 3. The molecule has 0 atom stereocenters. The first kappa shape index (κ1) is 29.9. The molecular formula is C32H32N6O6S. The molecule has 12 nitrogen and oxygen atoms in total. The van der Waals surface area contributed by atoms with E-state index >= 15 is 0 Å². The number of nitrogens with one attached hydrogen (secondary N) is 2. The van der Waals surface area contributed by atoms with E-state index in [1.54, 1.807) is 48.9 Å². The van der Waals surface area contributed by atoms with Crippen LogP contribution in [-0.2, 0) is 4.74 Å². The largest absolute Gasteiger partial charge is 0.493 e. The summed E-state index contributed by atoms with van der Waals surface area (Å²) < 4.78 is 28.1. The number of ether oxygens (including phenoxy) is 5. The van der Waals surface area contributed by atoms with E-state index in [0.29, 0.717) is 59.2 Å². The number of morpholine rings is 1. The highest BCUT2D eigenvalue weighted by molar-refractivity contribution is 7.17. The first-order valence-electron chi connectivity index (χ1n) is 14.1. The standard InChI is InChI=1S/C32H32N6O6S/c1-40-24-15-21(16-25(41-2)29(24)42-3)34-30(39)20-7-5-19(6-8-20)22-18-45-26-17-33-32(37-28(22)26)35-23-9-10-27(36-31(23)43-4)38-11-13-44-14-12-38/h5-10,15-18H,11-14H2,1-4H3,(H,34,39)(H,33,35,37). The molecule has 0 radical (unpaired) electrons. The van der Waals surface area contributed by atoms with Crippen LogP contribution in [0.3, 0.4) is 0 Å². The molecule has 0 bridgehead atoms. The predicted molar refractivity (Wildman–Crippen MR) is 174 cm³/mol. The fourth-order valence-electron chi connectivity index (χ4n) is 5.02. The Balaban J connectivity index is 1.20. The maximum absolute atomic E-state index is 13.1. The Morgan fingerprint density at radius 3 is 2.31 bits per heavy atom. The van der Waals surface area contributed by atoms with Crippen LogP contribution in [0.15, 0.2) is 60.1 Å². The second-order valence-electron chi connectivity index (χ2n) is 9.95. The number of rotatable bonds is 10. The summed E-state index contributed by atoms with van der Waals surface area (Å²) in [5, 5.41) is 8.19. The summed E-state index contributed by atoms with van der Waals surface area (Å²) in [6.07, 6.45) is 1.79. The van der Waals surface area contributed by atoms with Gasteiger partial charge >= 0.3 is 0 Å². The lowest BCUT2D eigenvalue weighted by molar-refractivity contribution is 0.102. The third-order valence-corrected chi connectivity index (χ3v) is 8.22. The van der Waals surface area contributed by atoms with Crippen molar-refractivity contribution in [1.82, 2.24) is 15.0 Å². The Kier molecular flexibility index (Phi) is 8.80. The van der Waals surface area contributed by atoms with Gasteiger partial charge in [-0.15, -0.1) is 11.3 Å². The Bertz CT molecular complexity index is 1800. The van der Waals surface area contributed by atoms with Crippen molar-refractivity contribution < 1.29 is 28.5 Å². The summed E-state index contributed by atoms with van der Waals surface area (Å²) in [7, 11) is 6.17. The first-order valence-corrected chi connectivity index (χ1v) is 15.0. The van der Waals surface area contributed by atoms with Crippen molar-refractivity contribution in [3.63, 3.8) is 0 Å². The number of nitrogens with zero attached hydrogens (tertiary/aromatic N) is 4. The molecule has 0 aliphatic carbocycles. The summed E-state index contributed by atoms with van der Waals surface area (Å²) in [5.74, 6) is 2.77. The van der Waals surface area contributed by atoms with Gasteiger partial charge in [-0.25, -0.2) is 9.97 Å². The lowest BCUT2D eigenvalue weighted by atomic mass is 10.1. The van der Waals surface area contributed by atoms with Crippen LogP contribution in [0.2, 0.25) is 0 Å². The summed E-state index contributed by atoms with van der Waals surface area (Å²) in [4.78, 5) is 29.3. The number of methoxy groups -OCH3 is 4. The van der Waals surface area contributed by atoms with E-state index in [1.165, 1.54) is 21.3 Å². The van der Waals surface area contributed by atoms with E-state index in [4.69, 9.17) is 28.7 Å². The average Bonchev–Trinajstić information content (AvgIpc) is 3.51. The van der Waals surface area contributed by atoms with Crippen LogP contribution in [0.25, 0.3) is 21.3 Å². The maximum atomic E-state index is 13.1. The average molecular weight is 629 g/mol. The summed E-state index contributed by atoms with van der Waals surface area (Å²) >= 11 is 1.55. The van der Waals surface area contributed by atoms with Gasteiger partial charge in [0.1, 0.15) is 11.5 Å². The molecule has 232 valence electrons. The van der Waals surface area contributed by atoms with Gasteiger partial charge in [0.05, 0.1) is 58.1 Å². The van der Waals surface area contributed by atoms with Gasteiger partial charge in [-0.2, -0.15) is 4.98 Å². The molecule has 1 aliphatic heterocycles. The molecule has 5 aromatic rings. The number of pyridine rings is 1. The van der Waals surface area contributed by atoms with Crippen LogP contribution in [0, 0.1) is 0 Å². The van der Waals surface area contributed by atoms with Crippen LogP contribution >= 0.6 is 11.3 Å². The molecule has 1 aliphatic rings. The van der Waals surface area contributed by atoms with Gasteiger partial charge in [0.15, 0.2) is 11.5 Å². The smallest absolute Gasteiger partial charge is 0.255 e. The summed E-state index contributed by atoms with van der Waals surface area (Å²) in [6.45, 7) is 2.91. The number of carbonyl (C=O) groups excluding carboxylic acids is 1. The van der Waals surface area contributed by atoms with E-state index in [1.807, 2.05) is 29.6 Å². The number of hydrogen-bond donors (Lipinski definition) is 2. The van der Waals surface area contributed by atoms with Crippen LogP contribution in [-0.4, -0.2) is 75.6 Å². The maximum Gasteiger partial charge on any atom is 0.255 e. The molecule has 13 heteroatoms. The van der Waals surface area contributed by atoms with Gasteiger partial charge in [0, 0.05) is 47.4 Å². The molecule has 2 N–H and O–H groups in total. The third-order valence-electron chi connectivity index (χ3n) is 7.32. The molecule has 3 aromatic heterocycles. The van der Waals surface area contributed by atoms with Crippen molar-refractivity contribution in [2.75, 3.05) is 70.3 Å². The molecule has 4 heterocycles. The van der Waals surface area contributed by atoms with E-state index in [0.717, 1.165) is 40.3 Å². The molecule has 2 aromatic carbocycles. The first-order chi connectivity index (χ1) is 22.0. The lowest BCUT2D eigenvalue weighted by Gasteiger charge is -2.28. The molecule has 1 saturated heterocycles. The second kappa shape index (κ2) is 13.2. The quantitative estimate of drug-likeness (QED) is 0.200. The Morgan fingerprint density at radius 1 is 0.911 bits per heavy atom. The highest BCUT2D eigenvalue weighted by Gasteiger charge is 2.18. The van der Waals surface area contributed by atoms with Gasteiger partial charge in [0.2, 0.25) is 17.6 Å². The van der Waals surface area contributed by atoms with Gasteiger partial charge < -0.3 is 39.2 Å². The molecule has 45 heavy (non-hydrogen) atoms. The van der Waals surface area contributed by atoms with Crippen molar-refractivity contribution in [1.29, 1.82) is 0 Å². The van der Waals surface area contributed by atoms with Crippen LogP contribution < -0.4 is 34.5 Å². The predicted octanol–water partition coefficient (Wildman–Crippen LogP) is 5.62. The van der Waals surface area contributed by atoms with Crippen molar-refractivity contribution in [3.05, 3.63) is 65.7 Å². The van der Waals surface area contributed by atoms with Gasteiger partial charge in [-0.3, -0.25) is 4.79 Å². The van der Waals surface area contributed by atoms with Crippen LogP contribution in [0.1, 0.15) is 10.4 Å². The van der Waals surface area contributed by atoms with Crippen LogP contribution in [0.4, 0.5) is 23.1 Å². The second-order valence-corrected chi connectivity index (χ2v) is 10.9. The van der Waals surface area contributed by atoms with E-state index < -0.39 is 0 Å². The summed E-state index contributed by atoms with van der Waals surface area (Å²) in [6, 6.07) is 14.6. The summed E-state index contributed by atoms with van der Waals surface area (Å²) in [5.41, 5.74) is 4.32. The molecule has 0 saturated carbocycles. The Morgan fingerprint density at radius 2 is 1.64 bits per heavy atom. The van der Waals surface area contributed by atoms with Crippen molar-refractivity contribution >= 4 is 50.6 Å². The minimum Gasteiger partial charge on any atom is -0.493 e. The highest BCUT2D eigenvalue weighted by Crippen LogP contribution is 2.40. The van der Waals surface area contributed by atoms with Crippen molar-refractivity contribution in [3.8, 4) is 34.3 Å². The molecule has 1 amide bonds. The highest BCUT2D eigenvalue weighted by atomic mass is 32.1. The monoisotopic (exact) mass is 628 g/mol. The van der Waals surface area contributed by atoms with E-state index in [2.05, 4.69) is 25.5 Å². The zero-order chi connectivity index (χ0) is 31.3. The zero-order valence-electron chi connectivity index (χ0n) is 25.2. The van der Waals surface area contributed by atoms with Gasteiger partial charge in [-0.1, -0.05) is 12.1 Å². The number of fused-ring (bicyclic) bond motifs is 1. The van der Waals surface area contributed by atoms with Crippen LogP contribution in [0.5, 0.6) is 23.1 Å². The molecule has 6 rings (SSSR count). The number of carbonyl (C=O) groups is 1. The third kappa shape index (κ3) is 6.26. The molecule has 0 spiro atoms. The SMILES string of the molecule is COc1cc(NC(=O)c2ccc(-c3csc4cnc(Nc5ccc(N6CCOCC6)nc5OC)nc34)cc2)cc(OC)c1OC. The number of hydrogen-bond acceptors (Lipinski definition) is 12. The fraction of sp³-hybridized carbons (Fsp3) is 0.250. The van der Waals surface area contributed by atoms with E-state index in [-0.39, 0.29) is 5.91 Å². The molecule has 1 fully saturated rings. The number of anilines is 4. The fourth-order valence-corrected chi connectivity index (χ4v) is 5.89. The van der Waals surface area contributed by atoms with Gasteiger partial charge in [0.25, 0.3) is 5.91 Å². The Hall–Kier alpha value is -5.14. The topological polar surface area (TPSA) is 129 Å². The van der Waals surface area contributed by atoms with Crippen molar-refractivity contribution in [2.24, 2.45) is 0 Å². The minimum absolute atomic E-state index is 0.276. The number of thiophene rings is 1. The zero-order valence-corrected chi connectivity index (χ0v) is 26.1. The number of amides is 1. The van der Waals surface area contributed by atoms with E-state index in [9.17, 15) is 4.79 Å². The lowest BCUT2D eigenvalue weighted by Crippen LogP contribution is -2.36. The normalized spacial score (nSPS) is 12.9. The minimum atomic E-state index is -0.276. The number of benzene rings is 2. The Labute approximate surface area is 263 Å². The van der Waals surface area contributed by atoms with Gasteiger partial charge in [-0.05, 0) is 29.8 Å². The van der Waals surface area contributed by atoms with Crippen molar-refractivity contribution in [2.45, 2.75) is 0 Å².